The Morgan fingerprint density at radius 1 is 0.881 bits per heavy atom. The van der Waals surface area contributed by atoms with Gasteiger partial charge in [-0.05, 0) is 16.7 Å². The van der Waals surface area contributed by atoms with Gasteiger partial charge in [-0.3, -0.25) is 29.6 Å². The van der Waals surface area contributed by atoms with Crippen LogP contribution < -0.4 is 11.5 Å². The van der Waals surface area contributed by atoms with Crippen molar-refractivity contribution >= 4 is 29.7 Å². The van der Waals surface area contributed by atoms with Gasteiger partial charge in [0.15, 0.2) is 5.72 Å². The van der Waals surface area contributed by atoms with Gasteiger partial charge in [-0.25, -0.2) is 4.79 Å². The summed E-state index contributed by atoms with van der Waals surface area (Å²) in [5.74, 6) is -4.05. The third-order valence-corrected chi connectivity index (χ3v) is 8.00. The number of amidine groups is 1. The summed E-state index contributed by atoms with van der Waals surface area (Å²) in [6, 6.07) is 23.8. The second-order valence-electron chi connectivity index (χ2n) is 10.5. The van der Waals surface area contributed by atoms with E-state index in [2.05, 4.69) is 0 Å². The number of nitrogen functional groups attached to an aromatic ring is 1. The number of benzene rings is 3. The average Bonchev–Trinajstić information content (AvgIpc) is 3.37. The molecule has 0 bridgehead atoms. The monoisotopic (exact) mass is 569 g/mol. The van der Waals surface area contributed by atoms with Crippen LogP contribution in [0.5, 0.6) is 0 Å². The van der Waals surface area contributed by atoms with E-state index >= 15 is 0 Å². The van der Waals surface area contributed by atoms with E-state index in [1.165, 1.54) is 0 Å². The van der Waals surface area contributed by atoms with E-state index in [9.17, 15) is 24.3 Å². The van der Waals surface area contributed by atoms with E-state index in [1.54, 1.807) is 77.7 Å². The summed E-state index contributed by atoms with van der Waals surface area (Å²) in [4.78, 5) is 55.6. The maximum absolute atomic E-state index is 14.3. The maximum atomic E-state index is 14.3. The van der Waals surface area contributed by atoms with Crippen molar-refractivity contribution in [2.75, 3.05) is 6.54 Å². The van der Waals surface area contributed by atoms with Gasteiger partial charge >= 0.3 is 6.16 Å². The van der Waals surface area contributed by atoms with Gasteiger partial charge in [0.2, 0.25) is 17.7 Å². The lowest BCUT2D eigenvalue weighted by atomic mass is 9.82. The summed E-state index contributed by atoms with van der Waals surface area (Å²) in [5.41, 5.74) is 11.8. The number of primary amides is 1. The van der Waals surface area contributed by atoms with Crippen molar-refractivity contribution in [3.8, 4) is 0 Å². The molecule has 0 aliphatic carbocycles. The van der Waals surface area contributed by atoms with Gasteiger partial charge < -0.3 is 21.3 Å². The number of nitrogens with two attached hydrogens (primary N) is 2. The lowest BCUT2D eigenvalue weighted by Gasteiger charge is -2.42. The Labute approximate surface area is 242 Å². The fraction of sp³-hybridized carbons (Fsp3) is 0.258. The molecule has 2 aliphatic heterocycles. The number of rotatable bonds is 10. The average molecular weight is 570 g/mol. The topological polar surface area (TPSA) is 180 Å². The number of likely N-dealkylation sites (tertiary alicyclic amines) is 2. The van der Waals surface area contributed by atoms with E-state index in [0.29, 0.717) is 16.7 Å². The maximum Gasteiger partial charge on any atom is 0.507 e. The smallest absolute Gasteiger partial charge is 0.450 e. The number of imide groups is 1. The van der Waals surface area contributed by atoms with Crippen LogP contribution in [-0.2, 0) is 32.1 Å². The molecule has 216 valence electrons. The molecule has 4 atom stereocenters. The number of amides is 3. The Morgan fingerprint density at radius 2 is 1.48 bits per heavy atom. The molecule has 4 unspecified atom stereocenters. The first-order valence-corrected chi connectivity index (χ1v) is 13.5. The van der Waals surface area contributed by atoms with Crippen molar-refractivity contribution < 1.29 is 29.0 Å². The zero-order valence-electron chi connectivity index (χ0n) is 22.7. The van der Waals surface area contributed by atoms with Gasteiger partial charge in [-0.2, -0.15) is 0 Å². The summed E-state index contributed by atoms with van der Waals surface area (Å²) in [6.45, 7) is -0.0574. The highest BCUT2D eigenvalue weighted by atomic mass is 16.7. The molecule has 3 aromatic rings. The van der Waals surface area contributed by atoms with E-state index in [1.807, 2.05) is 12.1 Å². The molecule has 2 fully saturated rings. The normalized spacial score (nSPS) is 23.5. The van der Waals surface area contributed by atoms with Crippen LogP contribution in [0.15, 0.2) is 84.9 Å². The minimum absolute atomic E-state index is 0.0112. The number of fused-ring (bicyclic) bond motifs is 1. The molecule has 0 spiro atoms. The summed E-state index contributed by atoms with van der Waals surface area (Å²) in [6.07, 6.45) is -1.85. The van der Waals surface area contributed by atoms with Crippen LogP contribution in [0, 0.1) is 17.2 Å². The Bertz CT molecular complexity index is 1510. The highest BCUT2D eigenvalue weighted by Gasteiger charge is 2.71. The van der Waals surface area contributed by atoms with Crippen molar-refractivity contribution in [1.82, 2.24) is 9.80 Å². The molecule has 0 saturated carbocycles. The number of carbonyl (C=O) groups excluding carboxylic acids is 3. The third kappa shape index (κ3) is 5.21. The van der Waals surface area contributed by atoms with Crippen LogP contribution in [0.2, 0.25) is 0 Å². The fourth-order valence-electron chi connectivity index (χ4n) is 6.29. The largest absolute Gasteiger partial charge is 0.507 e. The van der Waals surface area contributed by atoms with E-state index in [0.717, 1.165) is 10.5 Å². The molecule has 2 heterocycles. The molecule has 11 nitrogen and oxygen atoms in total. The Balaban J connectivity index is 1.70. The van der Waals surface area contributed by atoms with Crippen molar-refractivity contribution in [2.45, 2.75) is 31.2 Å². The Morgan fingerprint density at radius 3 is 2.02 bits per heavy atom. The molecule has 2 saturated heterocycles. The van der Waals surface area contributed by atoms with Gasteiger partial charge in [-0.15, -0.1) is 0 Å². The van der Waals surface area contributed by atoms with Crippen LogP contribution in [-0.4, -0.2) is 56.9 Å². The second kappa shape index (κ2) is 11.5. The molecule has 2 aliphatic rings. The molecule has 42 heavy (non-hydrogen) atoms. The van der Waals surface area contributed by atoms with Crippen molar-refractivity contribution in [2.24, 2.45) is 23.3 Å². The number of nitrogens with one attached hydrogen (secondary N) is 1. The predicted octanol–water partition coefficient (Wildman–Crippen LogP) is 2.64. The number of nitrogens with zero attached hydrogens (tertiary/aromatic N) is 2. The fourth-order valence-corrected chi connectivity index (χ4v) is 6.29. The lowest BCUT2D eigenvalue weighted by molar-refractivity contribution is -0.162. The number of carbonyl (C=O) groups is 4. The first-order valence-electron chi connectivity index (χ1n) is 13.5. The molecule has 6 N–H and O–H groups in total. The first kappa shape index (κ1) is 28.5. The van der Waals surface area contributed by atoms with Gasteiger partial charge in [0, 0.05) is 24.9 Å². The Kier molecular flexibility index (Phi) is 7.77. The minimum atomic E-state index is -1.84. The summed E-state index contributed by atoms with van der Waals surface area (Å²) >= 11 is 0. The zero-order valence-corrected chi connectivity index (χ0v) is 22.7. The minimum Gasteiger partial charge on any atom is -0.450 e. The summed E-state index contributed by atoms with van der Waals surface area (Å²) in [5, 5.41) is 17.8. The van der Waals surface area contributed by atoms with Gasteiger partial charge in [-0.1, -0.05) is 84.9 Å². The first-order chi connectivity index (χ1) is 20.1. The zero-order chi connectivity index (χ0) is 30.0. The summed E-state index contributed by atoms with van der Waals surface area (Å²) < 4.78 is 5.73. The summed E-state index contributed by atoms with van der Waals surface area (Å²) in [7, 11) is 0. The van der Waals surface area contributed by atoms with Crippen molar-refractivity contribution in [3.63, 3.8) is 0 Å². The SMILES string of the molecule is N=C(N)c1ccc(C2C3C(=O)N(Cc4ccccc4)C(=O)C3C(Cc3ccccc3)(OC(=O)O)N2CCC(N)=O)cc1. The number of carboxylic acid groups (broad SMARTS) is 1. The quantitative estimate of drug-likeness (QED) is 0.124. The van der Waals surface area contributed by atoms with Crippen molar-refractivity contribution in [1.29, 1.82) is 5.41 Å². The molecule has 11 heteroatoms. The molecule has 0 radical (unpaired) electrons. The molecule has 3 amide bonds. The second-order valence-corrected chi connectivity index (χ2v) is 10.5. The third-order valence-electron chi connectivity index (χ3n) is 8.00. The van der Waals surface area contributed by atoms with Gasteiger partial charge in [0.1, 0.15) is 11.8 Å². The van der Waals surface area contributed by atoms with Gasteiger partial charge in [0.05, 0.1) is 18.5 Å². The highest BCUT2D eigenvalue weighted by molar-refractivity contribution is 6.07. The highest BCUT2D eigenvalue weighted by Crippen LogP contribution is 2.57. The van der Waals surface area contributed by atoms with Crippen LogP contribution in [0.3, 0.4) is 0 Å². The van der Waals surface area contributed by atoms with Crippen molar-refractivity contribution in [3.05, 3.63) is 107 Å². The number of hydrogen-bond acceptors (Lipinski definition) is 7. The molecule has 5 rings (SSSR count). The molecule has 3 aromatic carbocycles. The van der Waals surface area contributed by atoms with E-state index in [-0.39, 0.29) is 31.8 Å². The number of ether oxygens (including phenoxy) is 1. The molecular weight excluding hydrogens is 538 g/mol. The van der Waals surface area contributed by atoms with Gasteiger partial charge in [0.25, 0.3) is 0 Å². The van der Waals surface area contributed by atoms with Crippen LogP contribution in [0.1, 0.15) is 34.7 Å². The molecule has 0 aromatic heterocycles. The number of hydrogen-bond donors (Lipinski definition) is 4. The predicted molar refractivity (Wildman–Crippen MR) is 152 cm³/mol. The Hall–Kier alpha value is -5.03. The lowest BCUT2D eigenvalue weighted by Crippen LogP contribution is -2.57. The molecular formula is C31H31N5O6. The van der Waals surface area contributed by atoms with E-state index < -0.39 is 47.5 Å². The van der Waals surface area contributed by atoms with E-state index in [4.69, 9.17) is 21.6 Å². The standard InChI is InChI=1S/C31H31N5O6/c32-23(37)15-16-36-26(21-11-13-22(14-12-21)27(33)34)24-25(29(39)35(28(24)38)18-20-9-5-2-6-10-20)31(36,42-30(40)41)17-19-7-3-1-4-8-19/h1-14,24-26H,15-18H2,(H2,32,37)(H3,33,34)(H,40,41). The van der Waals surface area contributed by atoms with Crippen LogP contribution >= 0.6 is 0 Å². The van der Waals surface area contributed by atoms with Crippen LogP contribution in [0.4, 0.5) is 4.79 Å². The van der Waals surface area contributed by atoms with Crippen LogP contribution in [0.25, 0.3) is 0 Å².